The minimum absolute atomic E-state index is 0.0801. The Labute approximate surface area is 52.9 Å². The Morgan fingerprint density at radius 1 is 1.78 bits per heavy atom. The van der Waals surface area contributed by atoms with E-state index in [0.29, 0.717) is 0 Å². The molecule has 0 saturated carbocycles. The predicted octanol–water partition coefficient (Wildman–Crippen LogP) is 0.753. The van der Waals surface area contributed by atoms with Gasteiger partial charge in [0, 0.05) is 0 Å². The molecule has 0 aliphatic rings. The fraction of sp³-hybridized carbons (Fsp3) is 0. The van der Waals surface area contributed by atoms with Crippen LogP contribution in [0.2, 0.25) is 0 Å². The molecule has 0 N–H and O–H groups in total. The van der Waals surface area contributed by atoms with E-state index < -0.39 is 5.97 Å². The Bertz CT molecular complexity index is 188. The van der Waals surface area contributed by atoms with Crippen LogP contribution in [0.25, 0.3) is 0 Å². The van der Waals surface area contributed by atoms with Gasteiger partial charge in [0.2, 0.25) is 0 Å². The topological polar surface area (TPSA) is 50.1 Å². The van der Waals surface area contributed by atoms with Gasteiger partial charge in [-0.2, -0.15) is 0 Å². The predicted molar refractivity (Wildman–Crippen MR) is 31.0 cm³/mol. The van der Waals surface area contributed by atoms with E-state index in [1.807, 2.05) is 0 Å². The van der Waals surface area contributed by atoms with E-state index in [2.05, 4.69) is 17.9 Å². The third kappa shape index (κ3) is 2.29. The first-order valence-electron chi connectivity index (χ1n) is 2.14. The molecule has 0 spiro atoms. The van der Waals surface area contributed by atoms with Crippen LogP contribution in [0, 0.1) is 11.5 Å². The highest BCUT2D eigenvalue weighted by atomic mass is 16.5. The second kappa shape index (κ2) is 3.44. The summed E-state index contributed by atoms with van der Waals surface area (Å²) in [6.07, 6.45) is 2.45. The van der Waals surface area contributed by atoms with E-state index in [-0.39, 0.29) is 5.57 Å². The number of ether oxygens (including phenoxy) is 1. The van der Waals surface area contributed by atoms with Crippen molar-refractivity contribution in [2.24, 2.45) is 0 Å². The summed E-state index contributed by atoms with van der Waals surface area (Å²) in [6, 6.07) is 0. The highest BCUT2D eigenvalue weighted by Gasteiger charge is 2.01. The lowest BCUT2D eigenvalue weighted by molar-refractivity contribution is -0.132. The number of hydrogen-bond acceptors (Lipinski definition) is 3. The van der Waals surface area contributed by atoms with E-state index in [9.17, 15) is 4.79 Å². The molecule has 0 amide bonds. The average Bonchev–Trinajstić information content (AvgIpc) is 1.87. The molecule has 0 aliphatic heterocycles. The molecule has 46 valence electrons. The molecule has 3 nitrogen and oxygen atoms in total. The van der Waals surface area contributed by atoms with Gasteiger partial charge in [0.15, 0.2) is 0 Å². The summed E-state index contributed by atoms with van der Waals surface area (Å²) < 4.78 is 3.89. The van der Waals surface area contributed by atoms with Crippen LogP contribution in [0.1, 0.15) is 0 Å². The molecule has 0 unspecified atom stereocenters. The zero-order valence-electron chi connectivity index (χ0n) is 4.76. The van der Waals surface area contributed by atoms with Crippen LogP contribution in [0.4, 0.5) is 0 Å². The summed E-state index contributed by atoms with van der Waals surface area (Å²) in [4.78, 5) is 10.4. The molecule has 0 atom stereocenters. The van der Waals surface area contributed by atoms with E-state index in [1.165, 1.54) is 12.3 Å². The standard InChI is InChI=1S/C6H5NO2/c1-3-5(2)6(8)9-4-7/h3H,1-2H2. The Morgan fingerprint density at radius 3 is 2.67 bits per heavy atom. The molecular weight excluding hydrogens is 118 g/mol. The molecule has 0 aromatic heterocycles. The molecule has 3 heteroatoms. The minimum Gasteiger partial charge on any atom is -0.347 e. The first-order chi connectivity index (χ1) is 4.22. The smallest absolute Gasteiger partial charge is 0.347 e. The van der Waals surface area contributed by atoms with Crippen molar-refractivity contribution in [3.8, 4) is 6.26 Å². The molecule has 0 bridgehead atoms. The van der Waals surface area contributed by atoms with E-state index in [1.54, 1.807) is 0 Å². The molecule has 0 rings (SSSR count). The van der Waals surface area contributed by atoms with Crippen LogP contribution < -0.4 is 0 Å². The molecule has 0 radical (unpaired) electrons. The van der Waals surface area contributed by atoms with Crippen molar-refractivity contribution in [2.75, 3.05) is 0 Å². The zero-order valence-corrected chi connectivity index (χ0v) is 4.76. The molecule has 9 heavy (non-hydrogen) atoms. The van der Waals surface area contributed by atoms with Crippen molar-refractivity contribution < 1.29 is 9.53 Å². The third-order valence-corrected chi connectivity index (χ3v) is 0.647. The number of carbonyl (C=O) groups is 1. The summed E-state index contributed by atoms with van der Waals surface area (Å²) >= 11 is 0. The first-order valence-corrected chi connectivity index (χ1v) is 2.14. The van der Waals surface area contributed by atoms with Crippen molar-refractivity contribution in [1.29, 1.82) is 5.26 Å². The Hall–Kier alpha value is -1.56. The number of nitriles is 1. The van der Waals surface area contributed by atoms with E-state index in [4.69, 9.17) is 5.26 Å². The molecule has 0 aliphatic carbocycles. The van der Waals surface area contributed by atoms with Crippen LogP contribution in [0.3, 0.4) is 0 Å². The average molecular weight is 123 g/mol. The normalized spacial score (nSPS) is 7.00. The third-order valence-electron chi connectivity index (χ3n) is 0.647. The van der Waals surface area contributed by atoms with Crippen molar-refractivity contribution in [3.05, 3.63) is 24.8 Å². The second-order valence-electron chi connectivity index (χ2n) is 1.21. The molecule has 0 aromatic carbocycles. The van der Waals surface area contributed by atoms with Crippen LogP contribution in [0.15, 0.2) is 24.8 Å². The number of esters is 1. The summed E-state index contributed by atoms with van der Waals surface area (Å²) in [5.41, 5.74) is 0.0801. The first kappa shape index (κ1) is 7.44. The summed E-state index contributed by atoms with van der Waals surface area (Å²) in [5.74, 6) is -0.757. The van der Waals surface area contributed by atoms with Gasteiger partial charge in [-0.05, 0) is 0 Å². The fourth-order valence-corrected chi connectivity index (χ4v) is 0.190. The van der Waals surface area contributed by atoms with Gasteiger partial charge < -0.3 is 4.74 Å². The Kier molecular flexibility index (Phi) is 2.85. The SMILES string of the molecule is C=CC(=C)C(=O)OC#N. The monoisotopic (exact) mass is 123 g/mol. The van der Waals surface area contributed by atoms with Crippen molar-refractivity contribution in [3.63, 3.8) is 0 Å². The maximum atomic E-state index is 10.4. The largest absolute Gasteiger partial charge is 0.352 e. The number of rotatable bonds is 2. The molecule has 0 aromatic rings. The van der Waals surface area contributed by atoms with Crippen molar-refractivity contribution in [1.82, 2.24) is 0 Å². The number of carbonyl (C=O) groups excluding carboxylic acids is 1. The van der Waals surface area contributed by atoms with Crippen LogP contribution >= 0.6 is 0 Å². The maximum Gasteiger partial charge on any atom is 0.352 e. The lowest BCUT2D eigenvalue weighted by Crippen LogP contribution is -1.99. The van der Waals surface area contributed by atoms with Gasteiger partial charge in [-0.25, -0.2) is 4.79 Å². The minimum atomic E-state index is -0.757. The Morgan fingerprint density at radius 2 is 2.33 bits per heavy atom. The number of nitrogens with zero attached hydrogens (tertiary/aromatic N) is 1. The highest BCUT2D eigenvalue weighted by Crippen LogP contribution is 1.92. The van der Waals surface area contributed by atoms with Gasteiger partial charge >= 0.3 is 5.97 Å². The molecular formula is C6H5NO2. The van der Waals surface area contributed by atoms with Crippen LogP contribution in [-0.2, 0) is 9.53 Å². The zero-order chi connectivity index (χ0) is 7.28. The van der Waals surface area contributed by atoms with E-state index in [0.717, 1.165) is 0 Å². The molecule has 0 fully saturated rings. The van der Waals surface area contributed by atoms with Gasteiger partial charge in [0.1, 0.15) is 0 Å². The Balaban J connectivity index is 3.92. The van der Waals surface area contributed by atoms with Crippen molar-refractivity contribution >= 4 is 5.97 Å². The van der Waals surface area contributed by atoms with Gasteiger partial charge in [-0.15, -0.1) is 5.26 Å². The van der Waals surface area contributed by atoms with Gasteiger partial charge in [0.05, 0.1) is 5.57 Å². The van der Waals surface area contributed by atoms with E-state index >= 15 is 0 Å². The number of hydrogen-bond donors (Lipinski definition) is 0. The lowest BCUT2D eigenvalue weighted by Gasteiger charge is -1.89. The fourth-order valence-electron chi connectivity index (χ4n) is 0.190. The quantitative estimate of drug-likeness (QED) is 0.235. The van der Waals surface area contributed by atoms with Crippen LogP contribution in [0.5, 0.6) is 0 Å². The summed E-state index contributed by atoms with van der Waals surface area (Å²) in [5, 5.41) is 7.81. The molecule has 0 heterocycles. The summed E-state index contributed by atoms with van der Waals surface area (Å²) in [6.45, 7) is 6.50. The van der Waals surface area contributed by atoms with Crippen LogP contribution in [-0.4, -0.2) is 5.97 Å². The second-order valence-corrected chi connectivity index (χ2v) is 1.21. The molecule has 0 saturated heterocycles. The van der Waals surface area contributed by atoms with Crippen molar-refractivity contribution in [2.45, 2.75) is 0 Å². The lowest BCUT2D eigenvalue weighted by atomic mass is 10.3. The maximum absolute atomic E-state index is 10.4. The summed E-state index contributed by atoms with van der Waals surface area (Å²) in [7, 11) is 0. The van der Waals surface area contributed by atoms with Gasteiger partial charge in [0.25, 0.3) is 6.26 Å². The van der Waals surface area contributed by atoms with Gasteiger partial charge in [-0.1, -0.05) is 19.2 Å². The highest BCUT2D eigenvalue weighted by molar-refractivity contribution is 5.91. The van der Waals surface area contributed by atoms with Gasteiger partial charge in [-0.3, -0.25) is 0 Å².